The molecule has 0 atom stereocenters. The van der Waals surface area contributed by atoms with Gasteiger partial charge in [-0.15, -0.1) is 10.2 Å². The van der Waals surface area contributed by atoms with E-state index in [1.165, 1.54) is 40.3 Å². The number of rotatable bonds is 8. The summed E-state index contributed by atoms with van der Waals surface area (Å²) in [4.78, 5) is 27.0. The van der Waals surface area contributed by atoms with Gasteiger partial charge in [-0.05, 0) is 36.4 Å². The van der Waals surface area contributed by atoms with Crippen LogP contribution in [0.3, 0.4) is 0 Å². The van der Waals surface area contributed by atoms with Crippen molar-refractivity contribution in [3.05, 3.63) is 66.0 Å². The summed E-state index contributed by atoms with van der Waals surface area (Å²) < 4.78 is 32.7. The molecule has 1 amide bonds. The van der Waals surface area contributed by atoms with E-state index in [-0.39, 0.29) is 55.9 Å². The summed E-state index contributed by atoms with van der Waals surface area (Å²) >= 11 is 0. The number of tetrazole rings is 1. The zero-order valence-corrected chi connectivity index (χ0v) is 19.4. The Hall–Kier alpha value is -3.64. The molecule has 12 heteroatoms. The van der Waals surface area contributed by atoms with Crippen molar-refractivity contribution in [2.24, 2.45) is 0 Å². The molecule has 0 N–H and O–H groups in total. The fourth-order valence-electron chi connectivity index (χ4n) is 3.48. The molecule has 34 heavy (non-hydrogen) atoms. The Morgan fingerprint density at radius 3 is 2.29 bits per heavy atom. The van der Waals surface area contributed by atoms with Crippen molar-refractivity contribution < 1.29 is 22.7 Å². The molecule has 1 aliphatic heterocycles. The maximum absolute atomic E-state index is 12.9. The van der Waals surface area contributed by atoms with Crippen LogP contribution in [0.15, 0.2) is 59.5 Å². The lowest BCUT2D eigenvalue weighted by Crippen LogP contribution is -2.51. The molecule has 1 aromatic heterocycles. The Balaban J connectivity index is 1.29. The van der Waals surface area contributed by atoms with E-state index >= 15 is 0 Å². The van der Waals surface area contributed by atoms with Gasteiger partial charge in [-0.3, -0.25) is 9.59 Å². The Kier molecular flexibility index (Phi) is 6.98. The summed E-state index contributed by atoms with van der Waals surface area (Å²) in [7, 11) is -3.71. The lowest BCUT2D eigenvalue weighted by Gasteiger charge is -2.33. The van der Waals surface area contributed by atoms with Crippen molar-refractivity contribution in [3.8, 4) is 5.75 Å². The molecular formula is C22H24N6O5S. The van der Waals surface area contributed by atoms with Gasteiger partial charge in [0, 0.05) is 31.7 Å². The third kappa shape index (κ3) is 5.46. The second-order valence-corrected chi connectivity index (χ2v) is 9.64. The Labute approximate surface area is 197 Å². The summed E-state index contributed by atoms with van der Waals surface area (Å²) in [5.74, 6) is 0.672. The number of para-hydroxylation sites is 1. The van der Waals surface area contributed by atoms with Crippen LogP contribution in [0.4, 0.5) is 0 Å². The highest BCUT2D eigenvalue weighted by atomic mass is 32.2. The third-order valence-corrected chi connectivity index (χ3v) is 7.28. The normalized spacial score (nSPS) is 14.7. The highest BCUT2D eigenvalue weighted by Crippen LogP contribution is 2.19. The number of piperazine rings is 1. The Morgan fingerprint density at radius 2 is 1.65 bits per heavy atom. The van der Waals surface area contributed by atoms with Gasteiger partial charge in [-0.1, -0.05) is 30.3 Å². The Morgan fingerprint density at radius 1 is 0.971 bits per heavy atom. The zero-order chi connectivity index (χ0) is 24.1. The van der Waals surface area contributed by atoms with Crippen LogP contribution in [0.2, 0.25) is 0 Å². The first kappa shape index (κ1) is 23.5. The number of aromatic nitrogens is 4. The molecule has 2 heterocycles. The predicted octanol–water partition coefficient (Wildman–Crippen LogP) is 0.988. The van der Waals surface area contributed by atoms with Crippen LogP contribution in [0.5, 0.6) is 5.75 Å². The van der Waals surface area contributed by atoms with Crippen LogP contribution in [-0.2, 0) is 28.0 Å². The molecule has 0 spiro atoms. The van der Waals surface area contributed by atoms with Gasteiger partial charge >= 0.3 is 0 Å². The molecule has 0 saturated carbocycles. The first-order valence-electron chi connectivity index (χ1n) is 10.7. The Bertz CT molecular complexity index is 1250. The fourth-order valence-corrected chi connectivity index (χ4v) is 4.90. The number of carbonyl (C=O) groups is 2. The van der Waals surface area contributed by atoms with Crippen LogP contribution in [-0.4, -0.2) is 75.7 Å². The van der Waals surface area contributed by atoms with Gasteiger partial charge < -0.3 is 9.64 Å². The van der Waals surface area contributed by atoms with Crippen LogP contribution >= 0.6 is 0 Å². The predicted molar refractivity (Wildman–Crippen MR) is 120 cm³/mol. The highest BCUT2D eigenvalue weighted by Gasteiger charge is 2.30. The average molecular weight is 485 g/mol. The minimum absolute atomic E-state index is 0.0996. The average Bonchev–Trinajstić information content (AvgIpc) is 3.30. The van der Waals surface area contributed by atoms with Crippen molar-refractivity contribution in [2.75, 3.05) is 26.2 Å². The first-order valence-corrected chi connectivity index (χ1v) is 12.1. The molecule has 178 valence electrons. The molecule has 3 aromatic rings. The number of Topliss-reactive ketones (excluding diaryl/α,β-unsaturated/α-hetero) is 1. The number of amides is 1. The van der Waals surface area contributed by atoms with Crippen LogP contribution in [0.25, 0.3) is 0 Å². The molecule has 0 unspecified atom stereocenters. The van der Waals surface area contributed by atoms with E-state index in [0.29, 0.717) is 17.1 Å². The van der Waals surface area contributed by atoms with Crippen molar-refractivity contribution in [2.45, 2.75) is 25.0 Å². The molecule has 0 radical (unpaired) electrons. The molecule has 1 aliphatic rings. The topological polar surface area (TPSA) is 128 Å². The highest BCUT2D eigenvalue weighted by molar-refractivity contribution is 7.89. The molecule has 1 fully saturated rings. The number of hydrogen-bond donors (Lipinski definition) is 0. The van der Waals surface area contributed by atoms with Gasteiger partial charge in [0.15, 0.2) is 12.4 Å². The minimum atomic E-state index is -3.71. The van der Waals surface area contributed by atoms with E-state index in [9.17, 15) is 18.0 Å². The van der Waals surface area contributed by atoms with Gasteiger partial charge in [-0.25, -0.2) is 8.42 Å². The molecule has 0 aliphatic carbocycles. The van der Waals surface area contributed by atoms with Crippen molar-refractivity contribution in [1.82, 2.24) is 29.4 Å². The molecular weight excluding hydrogens is 460 g/mol. The lowest BCUT2D eigenvalue weighted by atomic mass is 10.2. The van der Waals surface area contributed by atoms with Gasteiger partial charge in [0.05, 0.1) is 4.90 Å². The number of nitrogens with zero attached hydrogens (tertiary/aromatic N) is 6. The number of carbonyl (C=O) groups excluding carboxylic acids is 2. The summed E-state index contributed by atoms with van der Waals surface area (Å²) in [5, 5.41) is 12.0. The fraction of sp³-hybridized carbons (Fsp3) is 0.318. The first-order chi connectivity index (χ1) is 16.3. The molecule has 4 rings (SSSR count). The smallest absolute Gasteiger partial charge is 0.246 e. The summed E-state index contributed by atoms with van der Waals surface area (Å²) in [6.07, 6.45) is 0. The van der Waals surface area contributed by atoms with Crippen LogP contribution in [0, 0.1) is 0 Å². The van der Waals surface area contributed by atoms with E-state index in [1.807, 2.05) is 30.3 Å². The SMILES string of the molecule is CC(=O)c1ccc(S(=O)(=O)N2CCN(C(=O)Cn3nnc(COc4ccccc4)n3)CC2)cc1. The number of hydrogen-bond acceptors (Lipinski definition) is 8. The summed E-state index contributed by atoms with van der Waals surface area (Å²) in [5.41, 5.74) is 0.450. The lowest BCUT2D eigenvalue weighted by molar-refractivity contribution is -0.133. The van der Waals surface area contributed by atoms with Crippen LogP contribution < -0.4 is 4.74 Å². The van der Waals surface area contributed by atoms with E-state index in [2.05, 4.69) is 15.4 Å². The summed E-state index contributed by atoms with van der Waals surface area (Å²) in [6.45, 7) is 2.30. The summed E-state index contributed by atoms with van der Waals surface area (Å²) in [6, 6.07) is 15.1. The van der Waals surface area contributed by atoms with Gasteiger partial charge in [0.1, 0.15) is 12.3 Å². The standard InChI is InChI=1S/C22H24N6O5S/c1-17(29)18-7-9-20(10-8-18)34(31,32)27-13-11-26(12-14-27)22(30)15-28-24-21(23-25-28)16-33-19-5-3-2-4-6-19/h2-10H,11-16H2,1H3. The van der Waals surface area contributed by atoms with Crippen LogP contribution in [0.1, 0.15) is 23.1 Å². The molecule has 0 bridgehead atoms. The monoisotopic (exact) mass is 484 g/mol. The number of ether oxygens (including phenoxy) is 1. The zero-order valence-electron chi connectivity index (χ0n) is 18.6. The largest absolute Gasteiger partial charge is 0.485 e. The number of ketones is 1. The van der Waals surface area contributed by atoms with E-state index in [4.69, 9.17) is 4.74 Å². The van der Waals surface area contributed by atoms with Gasteiger partial charge in [0.25, 0.3) is 0 Å². The van der Waals surface area contributed by atoms with E-state index in [1.54, 1.807) is 4.90 Å². The molecule has 1 saturated heterocycles. The van der Waals surface area contributed by atoms with Crippen molar-refractivity contribution >= 4 is 21.7 Å². The second kappa shape index (κ2) is 10.1. The van der Waals surface area contributed by atoms with Gasteiger partial charge in [-0.2, -0.15) is 9.10 Å². The van der Waals surface area contributed by atoms with Gasteiger partial charge in [0.2, 0.25) is 21.8 Å². The quantitative estimate of drug-likeness (QED) is 0.433. The van der Waals surface area contributed by atoms with Crippen molar-refractivity contribution in [1.29, 1.82) is 0 Å². The molecule has 11 nitrogen and oxygen atoms in total. The van der Waals surface area contributed by atoms with E-state index < -0.39 is 10.0 Å². The van der Waals surface area contributed by atoms with Crippen molar-refractivity contribution in [3.63, 3.8) is 0 Å². The third-order valence-electron chi connectivity index (χ3n) is 5.37. The van der Waals surface area contributed by atoms with E-state index in [0.717, 1.165) is 0 Å². The maximum Gasteiger partial charge on any atom is 0.246 e. The number of sulfonamides is 1. The second-order valence-electron chi connectivity index (χ2n) is 7.70. The number of benzene rings is 2. The molecule has 2 aromatic carbocycles. The maximum atomic E-state index is 12.9. The minimum Gasteiger partial charge on any atom is -0.485 e.